The highest BCUT2D eigenvalue weighted by atomic mass is 19.1. The smallest absolute Gasteiger partial charge is 0.339 e. The molecule has 4 rings (SSSR count). The average molecular weight is 398 g/mol. The molecule has 3 nitrogen and oxygen atoms in total. The first-order valence-corrected chi connectivity index (χ1v) is 9.52. The quantitative estimate of drug-likeness (QED) is 0.407. The molecule has 1 N–H and O–H groups in total. The van der Waals surface area contributed by atoms with Crippen molar-refractivity contribution in [2.24, 2.45) is 0 Å². The number of hydrogen-bond acceptors (Lipinski definition) is 2. The molecule has 0 heterocycles. The molecule has 0 atom stereocenters. The van der Waals surface area contributed by atoms with Crippen molar-refractivity contribution >= 4 is 5.97 Å². The van der Waals surface area contributed by atoms with Gasteiger partial charge in [-0.2, -0.15) is 0 Å². The molecule has 0 aromatic heterocycles. The largest absolute Gasteiger partial charge is 0.487 e. The van der Waals surface area contributed by atoms with Gasteiger partial charge in [0.1, 0.15) is 23.7 Å². The number of carbonyl (C=O) groups is 1. The Morgan fingerprint density at radius 2 is 1.27 bits per heavy atom. The number of rotatable bonds is 6. The molecule has 4 heteroatoms. The summed E-state index contributed by atoms with van der Waals surface area (Å²) in [5.41, 5.74) is 3.40. The van der Waals surface area contributed by atoms with Crippen LogP contribution in [0.15, 0.2) is 97.1 Å². The van der Waals surface area contributed by atoms with Gasteiger partial charge in [0.05, 0.1) is 0 Å². The van der Waals surface area contributed by atoms with Gasteiger partial charge < -0.3 is 9.84 Å². The van der Waals surface area contributed by atoms with Crippen molar-refractivity contribution in [3.05, 3.63) is 114 Å². The minimum Gasteiger partial charge on any atom is -0.487 e. The zero-order valence-electron chi connectivity index (χ0n) is 16.1. The van der Waals surface area contributed by atoms with Crippen LogP contribution in [-0.4, -0.2) is 11.1 Å². The lowest BCUT2D eigenvalue weighted by Gasteiger charge is -2.17. The maximum Gasteiger partial charge on any atom is 0.339 e. The SMILES string of the molecule is O=C(O)c1cccc(-c2ccccc2-c2ccccc2F)c1OCc1ccccc1. The lowest BCUT2D eigenvalue weighted by Crippen LogP contribution is -2.05. The molecule has 4 aromatic carbocycles. The minimum atomic E-state index is -1.08. The molecule has 0 aliphatic carbocycles. The van der Waals surface area contributed by atoms with Gasteiger partial charge in [0.25, 0.3) is 0 Å². The molecule has 0 saturated heterocycles. The number of para-hydroxylation sites is 1. The second-order valence-electron chi connectivity index (χ2n) is 6.79. The summed E-state index contributed by atoms with van der Waals surface area (Å²) in [4.78, 5) is 11.9. The molecule has 4 aromatic rings. The van der Waals surface area contributed by atoms with Crippen LogP contribution in [0.25, 0.3) is 22.3 Å². The normalized spacial score (nSPS) is 10.6. The lowest BCUT2D eigenvalue weighted by atomic mass is 9.92. The van der Waals surface area contributed by atoms with Crippen LogP contribution in [0.3, 0.4) is 0 Å². The van der Waals surface area contributed by atoms with Crippen LogP contribution in [0, 0.1) is 5.82 Å². The van der Waals surface area contributed by atoms with Gasteiger partial charge in [0.15, 0.2) is 0 Å². The average Bonchev–Trinajstić information content (AvgIpc) is 2.78. The molecule has 0 saturated carbocycles. The van der Waals surface area contributed by atoms with Gasteiger partial charge in [-0.15, -0.1) is 0 Å². The number of halogens is 1. The maximum absolute atomic E-state index is 14.5. The summed E-state index contributed by atoms with van der Waals surface area (Å²) in [6.07, 6.45) is 0. The predicted octanol–water partition coefficient (Wildman–Crippen LogP) is 6.44. The van der Waals surface area contributed by atoms with Crippen LogP contribution < -0.4 is 4.74 Å². The molecule has 0 aliphatic rings. The Hall–Kier alpha value is -3.92. The van der Waals surface area contributed by atoms with E-state index in [4.69, 9.17) is 4.74 Å². The molecule has 0 aliphatic heterocycles. The highest BCUT2D eigenvalue weighted by molar-refractivity contribution is 5.96. The second kappa shape index (κ2) is 8.62. The van der Waals surface area contributed by atoms with Crippen molar-refractivity contribution in [1.29, 1.82) is 0 Å². The Balaban J connectivity index is 1.85. The Kier molecular flexibility index (Phi) is 5.57. The van der Waals surface area contributed by atoms with Crippen molar-refractivity contribution in [3.63, 3.8) is 0 Å². The Bertz CT molecular complexity index is 1190. The number of aromatic carboxylic acids is 1. The third kappa shape index (κ3) is 3.94. The molecular formula is C26H19FO3. The standard InChI is InChI=1S/C26H19FO3/c27-24-16-7-6-13-21(24)19-11-4-5-12-20(19)22-14-8-15-23(26(28)29)25(22)30-17-18-9-2-1-3-10-18/h1-16H,17H2,(H,28,29). The summed E-state index contributed by atoms with van der Waals surface area (Å²) in [5.74, 6) is -1.16. The maximum atomic E-state index is 14.5. The monoisotopic (exact) mass is 398 g/mol. The Morgan fingerprint density at radius 1 is 0.700 bits per heavy atom. The van der Waals surface area contributed by atoms with Crippen molar-refractivity contribution in [3.8, 4) is 28.0 Å². The molecule has 0 unspecified atom stereocenters. The van der Waals surface area contributed by atoms with E-state index < -0.39 is 5.97 Å². The summed E-state index contributed by atoms with van der Waals surface area (Å²) in [7, 11) is 0. The molecule has 0 radical (unpaired) electrons. The molecule has 148 valence electrons. The van der Waals surface area contributed by atoms with Crippen molar-refractivity contribution in [1.82, 2.24) is 0 Å². The van der Waals surface area contributed by atoms with Crippen LogP contribution >= 0.6 is 0 Å². The zero-order valence-corrected chi connectivity index (χ0v) is 16.1. The summed E-state index contributed by atoms with van der Waals surface area (Å²) in [6, 6.07) is 28.4. The van der Waals surface area contributed by atoms with E-state index in [1.54, 1.807) is 30.3 Å². The van der Waals surface area contributed by atoms with E-state index in [2.05, 4.69) is 0 Å². The van der Waals surface area contributed by atoms with E-state index in [9.17, 15) is 14.3 Å². The molecule has 0 bridgehead atoms. The lowest BCUT2D eigenvalue weighted by molar-refractivity contribution is 0.0692. The topological polar surface area (TPSA) is 46.5 Å². The van der Waals surface area contributed by atoms with Gasteiger partial charge in [-0.25, -0.2) is 9.18 Å². The number of hydrogen-bond donors (Lipinski definition) is 1. The van der Waals surface area contributed by atoms with Crippen molar-refractivity contribution in [2.45, 2.75) is 6.61 Å². The first-order valence-electron chi connectivity index (χ1n) is 9.52. The van der Waals surface area contributed by atoms with Crippen LogP contribution in [-0.2, 0) is 6.61 Å². The number of carboxylic acid groups (broad SMARTS) is 1. The van der Waals surface area contributed by atoms with Gasteiger partial charge >= 0.3 is 5.97 Å². The van der Waals surface area contributed by atoms with E-state index >= 15 is 0 Å². The number of benzene rings is 4. The summed E-state index contributed by atoms with van der Waals surface area (Å²) >= 11 is 0. The highest BCUT2D eigenvalue weighted by Gasteiger charge is 2.20. The first-order chi connectivity index (χ1) is 14.6. The molecule has 0 amide bonds. The van der Waals surface area contributed by atoms with Gasteiger partial charge in [-0.1, -0.05) is 84.9 Å². The number of ether oxygens (including phenoxy) is 1. The Labute approximate surface area is 174 Å². The van der Waals surface area contributed by atoms with Crippen molar-refractivity contribution < 1.29 is 19.0 Å². The molecule has 30 heavy (non-hydrogen) atoms. The van der Waals surface area contributed by atoms with E-state index in [0.29, 0.717) is 22.3 Å². The van der Waals surface area contributed by atoms with Crippen LogP contribution in [0.2, 0.25) is 0 Å². The van der Waals surface area contributed by atoms with E-state index in [1.165, 1.54) is 12.1 Å². The van der Waals surface area contributed by atoms with Gasteiger partial charge in [0.2, 0.25) is 0 Å². The fourth-order valence-corrected chi connectivity index (χ4v) is 3.44. The van der Waals surface area contributed by atoms with E-state index in [0.717, 1.165) is 5.56 Å². The van der Waals surface area contributed by atoms with Gasteiger partial charge in [-0.3, -0.25) is 0 Å². The molecule has 0 spiro atoms. The van der Waals surface area contributed by atoms with E-state index in [1.807, 2.05) is 54.6 Å². The van der Waals surface area contributed by atoms with E-state index in [-0.39, 0.29) is 23.7 Å². The third-order valence-electron chi connectivity index (χ3n) is 4.85. The fraction of sp³-hybridized carbons (Fsp3) is 0.0385. The van der Waals surface area contributed by atoms with Crippen molar-refractivity contribution in [2.75, 3.05) is 0 Å². The third-order valence-corrected chi connectivity index (χ3v) is 4.85. The van der Waals surface area contributed by atoms with Crippen LogP contribution in [0.5, 0.6) is 5.75 Å². The summed E-state index contributed by atoms with van der Waals surface area (Å²) in [6.45, 7) is 0.222. The molecular weight excluding hydrogens is 379 g/mol. The summed E-state index contributed by atoms with van der Waals surface area (Å²) < 4.78 is 20.5. The van der Waals surface area contributed by atoms with Gasteiger partial charge in [-0.05, 0) is 28.8 Å². The number of carboxylic acids is 1. The highest BCUT2D eigenvalue weighted by Crippen LogP contribution is 2.40. The summed E-state index contributed by atoms with van der Waals surface area (Å²) in [5, 5.41) is 9.72. The first kappa shape index (κ1) is 19.4. The minimum absolute atomic E-state index is 0.0618. The van der Waals surface area contributed by atoms with Gasteiger partial charge in [0, 0.05) is 11.1 Å². The second-order valence-corrected chi connectivity index (χ2v) is 6.79. The van der Waals surface area contributed by atoms with Crippen LogP contribution in [0.4, 0.5) is 4.39 Å². The zero-order chi connectivity index (χ0) is 20.9. The molecule has 0 fully saturated rings. The van der Waals surface area contributed by atoms with Crippen LogP contribution in [0.1, 0.15) is 15.9 Å². The Morgan fingerprint density at radius 3 is 1.93 bits per heavy atom. The predicted molar refractivity (Wildman–Crippen MR) is 115 cm³/mol. The fourth-order valence-electron chi connectivity index (χ4n) is 3.44.